The molecule has 0 aliphatic carbocycles. The fourth-order valence-corrected chi connectivity index (χ4v) is 1.80. The first kappa shape index (κ1) is 11.5. The van der Waals surface area contributed by atoms with E-state index in [0.717, 1.165) is 22.4 Å². The molecule has 0 unspecified atom stereocenters. The highest BCUT2D eigenvalue weighted by atomic mass is 16.5. The van der Waals surface area contributed by atoms with Gasteiger partial charge in [-0.2, -0.15) is 0 Å². The average Bonchev–Trinajstić information content (AvgIpc) is 2.38. The second-order valence-electron chi connectivity index (χ2n) is 3.86. The minimum Gasteiger partial charge on any atom is -0.497 e. The van der Waals surface area contributed by atoms with Crippen molar-refractivity contribution in [3.8, 4) is 16.9 Å². The van der Waals surface area contributed by atoms with E-state index in [1.807, 2.05) is 36.4 Å². The number of rotatable bonds is 3. The first-order valence-corrected chi connectivity index (χ1v) is 5.47. The summed E-state index contributed by atoms with van der Waals surface area (Å²) in [6.07, 6.45) is 0. The zero-order chi connectivity index (χ0) is 12.3. The number of hydrogen-bond donors (Lipinski definition) is 2. The smallest absolute Gasteiger partial charge is 0.120 e. The van der Waals surface area contributed by atoms with Gasteiger partial charge in [-0.3, -0.25) is 0 Å². The van der Waals surface area contributed by atoms with Crippen LogP contribution in [0.3, 0.4) is 0 Å². The summed E-state index contributed by atoms with van der Waals surface area (Å²) in [5, 5.41) is 0. The van der Waals surface area contributed by atoms with Crippen LogP contribution in [-0.2, 0) is 6.54 Å². The minimum absolute atomic E-state index is 0.532. The second-order valence-corrected chi connectivity index (χ2v) is 3.86. The van der Waals surface area contributed by atoms with Crippen molar-refractivity contribution >= 4 is 5.69 Å². The molecule has 4 N–H and O–H groups in total. The van der Waals surface area contributed by atoms with Gasteiger partial charge >= 0.3 is 0 Å². The molecule has 3 heteroatoms. The highest BCUT2D eigenvalue weighted by Gasteiger charge is 2.04. The van der Waals surface area contributed by atoms with E-state index in [9.17, 15) is 0 Å². The Balaban J connectivity index is 2.45. The molecule has 0 aliphatic heterocycles. The summed E-state index contributed by atoms with van der Waals surface area (Å²) in [6, 6.07) is 13.8. The Bertz CT molecular complexity index is 523. The molecule has 0 saturated carbocycles. The SMILES string of the molecule is COc1ccc(-c2cccc(CN)c2)c(N)c1. The molecule has 3 nitrogen and oxygen atoms in total. The summed E-state index contributed by atoms with van der Waals surface area (Å²) in [6.45, 7) is 0.532. The zero-order valence-electron chi connectivity index (χ0n) is 9.81. The highest BCUT2D eigenvalue weighted by Crippen LogP contribution is 2.29. The van der Waals surface area contributed by atoms with Gasteiger partial charge in [-0.25, -0.2) is 0 Å². The zero-order valence-corrected chi connectivity index (χ0v) is 9.81. The molecule has 0 aliphatic rings. The third-order valence-electron chi connectivity index (χ3n) is 2.73. The number of nitrogens with two attached hydrogens (primary N) is 2. The predicted molar refractivity (Wildman–Crippen MR) is 70.7 cm³/mol. The summed E-state index contributed by atoms with van der Waals surface area (Å²) >= 11 is 0. The van der Waals surface area contributed by atoms with Gasteiger partial charge in [0.1, 0.15) is 5.75 Å². The maximum absolute atomic E-state index is 6.01. The van der Waals surface area contributed by atoms with E-state index in [4.69, 9.17) is 16.2 Å². The second kappa shape index (κ2) is 4.89. The van der Waals surface area contributed by atoms with Gasteiger partial charge in [0.2, 0.25) is 0 Å². The standard InChI is InChI=1S/C14H16N2O/c1-17-12-5-6-13(14(16)8-12)11-4-2-3-10(7-11)9-15/h2-8H,9,15-16H2,1H3. The van der Waals surface area contributed by atoms with Gasteiger partial charge in [-0.1, -0.05) is 18.2 Å². The fraction of sp³-hybridized carbons (Fsp3) is 0.143. The van der Waals surface area contributed by atoms with Gasteiger partial charge in [-0.05, 0) is 29.3 Å². The molecular formula is C14H16N2O. The molecule has 2 aromatic carbocycles. The number of anilines is 1. The topological polar surface area (TPSA) is 61.3 Å². The molecule has 0 atom stereocenters. The van der Waals surface area contributed by atoms with Crippen LogP contribution in [0.5, 0.6) is 5.75 Å². The molecule has 17 heavy (non-hydrogen) atoms. The quantitative estimate of drug-likeness (QED) is 0.793. The Morgan fingerprint density at radius 2 is 1.94 bits per heavy atom. The lowest BCUT2D eigenvalue weighted by molar-refractivity contribution is 0.415. The Labute approximate surface area is 101 Å². The van der Waals surface area contributed by atoms with Gasteiger partial charge < -0.3 is 16.2 Å². The average molecular weight is 228 g/mol. The molecule has 0 aromatic heterocycles. The Morgan fingerprint density at radius 3 is 2.59 bits per heavy atom. The Hall–Kier alpha value is -2.00. The van der Waals surface area contributed by atoms with E-state index in [-0.39, 0.29) is 0 Å². The van der Waals surface area contributed by atoms with Crippen LogP contribution in [0.25, 0.3) is 11.1 Å². The van der Waals surface area contributed by atoms with Crippen molar-refractivity contribution in [2.75, 3.05) is 12.8 Å². The normalized spacial score (nSPS) is 10.2. The summed E-state index contributed by atoms with van der Waals surface area (Å²) in [4.78, 5) is 0. The summed E-state index contributed by atoms with van der Waals surface area (Å²) < 4.78 is 5.13. The summed E-state index contributed by atoms with van der Waals surface area (Å²) in [7, 11) is 1.63. The van der Waals surface area contributed by atoms with Crippen molar-refractivity contribution in [2.24, 2.45) is 5.73 Å². The molecular weight excluding hydrogens is 212 g/mol. The van der Waals surface area contributed by atoms with Gasteiger partial charge in [0.15, 0.2) is 0 Å². The van der Waals surface area contributed by atoms with Crippen LogP contribution in [0.2, 0.25) is 0 Å². The molecule has 0 amide bonds. The van der Waals surface area contributed by atoms with Crippen LogP contribution >= 0.6 is 0 Å². The molecule has 0 bridgehead atoms. The van der Waals surface area contributed by atoms with Crippen LogP contribution < -0.4 is 16.2 Å². The van der Waals surface area contributed by atoms with Crippen molar-refractivity contribution in [3.05, 3.63) is 48.0 Å². The maximum atomic E-state index is 6.01. The van der Waals surface area contributed by atoms with E-state index < -0.39 is 0 Å². The van der Waals surface area contributed by atoms with Crippen molar-refractivity contribution < 1.29 is 4.74 Å². The van der Waals surface area contributed by atoms with Gasteiger partial charge in [0.25, 0.3) is 0 Å². The van der Waals surface area contributed by atoms with Crippen molar-refractivity contribution in [3.63, 3.8) is 0 Å². The van der Waals surface area contributed by atoms with Gasteiger partial charge in [0, 0.05) is 23.9 Å². The van der Waals surface area contributed by atoms with E-state index in [0.29, 0.717) is 12.2 Å². The predicted octanol–water partition coefficient (Wildman–Crippen LogP) is 2.40. The number of ether oxygens (including phenoxy) is 1. The monoisotopic (exact) mass is 228 g/mol. The first-order valence-electron chi connectivity index (χ1n) is 5.47. The molecule has 2 rings (SSSR count). The molecule has 2 aromatic rings. The van der Waals surface area contributed by atoms with Crippen LogP contribution in [0.15, 0.2) is 42.5 Å². The van der Waals surface area contributed by atoms with Crippen LogP contribution in [0.1, 0.15) is 5.56 Å². The molecule has 0 saturated heterocycles. The number of nitrogen functional groups attached to an aromatic ring is 1. The van der Waals surface area contributed by atoms with Gasteiger partial charge in [0.05, 0.1) is 7.11 Å². The van der Waals surface area contributed by atoms with Crippen molar-refractivity contribution in [1.29, 1.82) is 0 Å². The lowest BCUT2D eigenvalue weighted by Crippen LogP contribution is -1.97. The van der Waals surface area contributed by atoms with E-state index in [1.165, 1.54) is 0 Å². The third-order valence-corrected chi connectivity index (χ3v) is 2.73. The number of hydrogen-bond acceptors (Lipinski definition) is 3. The van der Waals surface area contributed by atoms with Crippen molar-refractivity contribution in [2.45, 2.75) is 6.54 Å². The number of methoxy groups -OCH3 is 1. The first-order chi connectivity index (χ1) is 8.24. The molecule has 0 fully saturated rings. The lowest BCUT2D eigenvalue weighted by Gasteiger charge is -2.09. The fourth-order valence-electron chi connectivity index (χ4n) is 1.80. The van der Waals surface area contributed by atoms with E-state index >= 15 is 0 Å². The van der Waals surface area contributed by atoms with Gasteiger partial charge in [-0.15, -0.1) is 0 Å². The summed E-state index contributed by atoms with van der Waals surface area (Å²) in [5.74, 6) is 0.765. The molecule has 0 heterocycles. The van der Waals surface area contributed by atoms with Crippen LogP contribution in [-0.4, -0.2) is 7.11 Å². The van der Waals surface area contributed by atoms with E-state index in [2.05, 4.69) is 6.07 Å². The Kier molecular flexibility index (Phi) is 3.30. The molecule has 0 spiro atoms. The highest BCUT2D eigenvalue weighted by molar-refractivity contribution is 5.77. The lowest BCUT2D eigenvalue weighted by atomic mass is 10.0. The Morgan fingerprint density at radius 1 is 1.12 bits per heavy atom. The van der Waals surface area contributed by atoms with Crippen molar-refractivity contribution in [1.82, 2.24) is 0 Å². The summed E-state index contributed by atoms with van der Waals surface area (Å²) in [5.41, 5.74) is 15.5. The van der Waals surface area contributed by atoms with Crippen LogP contribution in [0.4, 0.5) is 5.69 Å². The largest absolute Gasteiger partial charge is 0.497 e. The van der Waals surface area contributed by atoms with E-state index in [1.54, 1.807) is 7.11 Å². The van der Waals surface area contributed by atoms with Crippen LogP contribution in [0, 0.1) is 0 Å². The third kappa shape index (κ3) is 2.40. The maximum Gasteiger partial charge on any atom is 0.120 e. The minimum atomic E-state index is 0.532. The number of benzene rings is 2. The molecule has 88 valence electrons. The molecule has 0 radical (unpaired) electrons.